The van der Waals surface area contributed by atoms with E-state index in [4.69, 9.17) is 10.5 Å². The largest absolute Gasteiger partial charge is 0.492 e. The predicted octanol–water partition coefficient (Wildman–Crippen LogP) is 1.77. The highest BCUT2D eigenvalue weighted by Gasteiger charge is 2.34. The standard InChI is InChI=1S/C21H25N3O3/c1-15(25)23-11-12-27-18-9-7-17(8-10-18)21(26)24-13-19(20(22)14-24)16-5-3-2-4-6-16/h2-10,19-20H,11-14,22H2,1H3,(H,23,25). The van der Waals surface area contributed by atoms with Crippen LogP contribution >= 0.6 is 0 Å². The molecule has 0 saturated carbocycles. The molecule has 27 heavy (non-hydrogen) atoms. The fraction of sp³-hybridized carbons (Fsp3) is 0.333. The van der Waals surface area contributed by atoms with E-state index in [2.05, 4.69) is 17.4 Å². The molecule has 1 aliphatic rings. The van der Waals surface area contributed by atoms with Crippen LogP contribution in [0.3, 0.4) is 0 Å². The highest BCUT2D eigenvalue weighted by Crippen LogP contribution is 2.27. The third-order valence-corrected chi connectivity index (χ3v) is 4.73. The number of nitrogens with zero attached hydrogens (tertiary/aromatic N) is 1. The number of hydrogen-bond acceptors (Lipinski definition) is 4. The summed E-state index contributed by atoms with van der Waals surface area (Å²) >= 11 is 0. The van der Waals surface area contributed by atoms with Crippen molar-refractivity contribution in [2.75, 3.05) is 26.2 Å². The van der Waals surface area contributed by atoms with Crippen molar-refractivity contribution in [3.8, 4) is 5.75 Å². The van der Waals surface area contributed by atoms with Crippen LogP contribution in [0.25, 0.3) is 0 Å². The Bertz CT molecular complexity index is 777. The van der Waals surface area contributed by atoms with Crippen molar-refractivity contribution in [1.29, 1.82) is 0 Å². The van der Waals surface area contributed by atoms with Gasteiger partial charge in [-0.3, -0.25) is 9.59 Å². The van der Waals surface area contributed by atoms with Crippen LogP contribution in [0, 0.1) is 0 Å². The number of nitrogens with two attached hydrogens (primary N) is 1. The second-order valence-corrected chi connectivity index (χ2v) is 6.75. The summed E-state index contributed by atoms with van der Waals surface area (Å²) in [6.45, 7) is 3.47. The highest BCUT2D eigenvalue weighted by molar-refractivity contribution is 5.94. The minimum atomic E-state index is -0.0860. The quantitative estimate of drug-likeness (QED) is 0.762. The second-order valence-electron chi connectivity index (χ2n) is 6.75. The molecule has 142 valence electrons. The van der Waals surface area contributed by atoms with Crippen LogP contribution in [-0.2, 0) is 4.79 Å². The monoisotopic (exact) mass is 367 g/mol. The van der Waals surface area contributed by atoms with Gasteiger partial charge in [0.15, 0.2) is 0 Å². The van der Waals surface area contributed by atoms with Gasteiger partial charge in [0.25, 0.3) is 5.91 Å². The number of rotatable bonds is 6. The lowest BCUT2D eigenvalue weighted by atomic mass is 9.95. The summed E-state index contributed by atoms with van der Waals surface area (Å²) in [5, 5.41) is 2.67. The Hall–Kier alpha value is -2.86. The van der Waals surface area contributed by atoms with Gasteiger partial charge in [0, 0.05) is 37.5 Å². The molecular weight excluding hydrogens is 342 g/mol. The minimum absolute atomic E-state index is 0.0197. The third-order valence-electron chi connectivity index (χ3n) is 4.73. The molecule has 6 heteroatoms. The van der Waals surface area contributed by atoms with Crippen LogP contribution in [0.2, 0.25) is 0 Å². The van der Waals surface area contributed by atoms with E-state index in [1.54, 1.807) is 24.3 Å². The van der Waals surface area contributed by atoms with Crippen LogP contribution in [0.1, 0.15) is 28.8 Å². The lowest BCUT2D eigenvalue weighted by Gasteiger charge is -2.17. The van der Waals surface area contributed by atoms with Crippen molar-refractivity contribution >= 4 is 11.8 Å². The Balaban J connectivity index is 1.57. The molecule has 3 N–H and O–H groups in total. The maximum absolute atomic E-state index is 12.8. The van der Waals surface area contributed by atoms with Gasteiger partial charge in [-0.05, 0) is 29.8 Å². The molecule has 6 nitrogen and oxygen atoms in total. The van der Waals surface area contributed by atoms with Gasteiger partial charge in [-0.25, -0.2) is 0 Å². The van der Waals surface area contributed by atoms with E-state index < -0.39 is 0 Å². The summed E-state index contributed by atoms with van der Waals surface area (Å²) in [5.41, 5.74) is 8.07. The summed E-state index contributed by atoms with van der Waals surface area (Å²) in [6.07, 6.45) is 0. The number of hydrogen-bond donors (Lipinski definition) is 2. The normalized spacial score (nSPS) is 19.0. The number of amides is 2. The summed E-state index contributed by atoms with van der Waals surface area (Å²) < 4.78 is 5.55. The molecule has 2 amide bonds. The number of benzene rings is 2. The molecule has 0 bridgehead atoms. The van der Waals surface area contributed by atoms with Gasteiger partial charge in [0.05, 0.1) is 6.54 Å². The molecule has 1 fully saturated rings. The van der Waals surface area contributed by atoms with E-state index in [9.17, 15) is 9.59 Å². The van der Waals surface area contributed by atoms with E-state index >= 15 is 0 Å². The Morgan fingerprint density at radius 1 is 1.11 bits per heavy atom. The number of nitrogens with one attached hydrogen (secondary N) is 1. The minimum Gasteiger partial charge on any atom is -0.492 e. The predicted molar refractivity (Wildman–Crippen MR) is 104 cm³/mol. The van der Waals surface area contributed by atoms with Crippen LogP contribution < -0.4 is 15.8 Å². The van der Waals surface area contributed by atoms with E-state index in [-0.39, 0.29) is 23.8 Å². The molecule has 2 unspecified atom stereocenters. The van der Waals surface area contributed by atoms with Crippen molar-refractivity contribution in [2.24, 2.45) is 5.73 Å². The smallest absolute Gasteiger partial charge is 0.253 e. The fourth-order valence-corrected chi connectivity index (χ4v) is 3.32. The zero-order chi connectivity index (χ0) is 19.2. The highest BCUT2D eigenvalue weighted by atomic mass is 16.5. The molecule has 1 aliphatic heterocycles. The Kier molecular flexibility index (Phi) is 6.08. The molecule has 2 aromatic carbocycles. The zero-order valence-corrected chi connectivity index (χ0v) is 15.4. The van der Waals surface area contributed by atoms with E-state index in [0.717, 1.165) is 0 Å². The summed E-state index contributed by atoms with van der Waals surface area (Å²) in [5.74, 6) is 0.717. The van der Waals surface area contributed by atoms with Gasteiger partial charge in [0.1, 0.15) is 12.4 Å². The zero-order valence-electron chi connectivity index (χ0n) is 15.4. The first-order chi connectivity index (χ1) is 13.0. The van der Waals surface area contributed by atoms with Crippen LogP contribution in [-0.4, -0.2) is 49.0 Å². The number of ether oxygens (including phenoxy) is 1. The molecule has 0 aliphatic carbocycles. The van der Waals surface area contributed by atoms with Crippen LogP contribution in [0.4, 0.5) is 0 Å². The lowest BCUT2D eigenvalue weighted by Crippen LogP contribution is -2.32. The average Bonchev–Trinajstić information content (AvgIpc) is 3.07. The van der Waals surface area contributed by atoms with Crippen molar-refractivity contribution in [3.05, 3.63) is 65.7 Å². The van der Waals surface area contributed by atoms with Crippen molar-refractivity contribution in [2.45, 2.75) is 18.9 Å². The molecule has 3 rings (SSSR count). The second kappa shape index (κ2) is 8.68. The van der Waals surface area contributed by atoms with Gasteiger partial charge in [-0.2, -0.15) is 0 Å². The Labute approximate surface area is 159 Å². The maximum atomic E-state index is 12.8. The average molecular weight is 367 g/mol. The molecule has 1 heterocycles. The first kappa shape index (κ1) is 18.9. The Morgan fingerprint density at radius 2 is 1.81 bits per heavy atom. The van der Waals surface area contributed by atoms with Gasteiger partial charge >= 0.3 is 0 Å². The van der Waals surface area contributed by atoms with Gasteiger partial charge < -0.3 is 20.7 Å². The maximum Gasteiger partial charge on any atom is 0.253 e. The molecule has 0 radical (unpaired) electrons. The molecule has 1 saturated heterocycles. The van der Waals surface area contributed by atoms with E-state index in [1.165, 1.54) is 12.5 Å². The molecular formula is C21H25N3O3. The lowest BCUT2D eigenvalue weighted by molar-refractivity contribution is -0.119. The molecule has 0 aromatic heterocycles. The number of carbonyl (C=O) groups excluding carboxylic acids is 2. The van der Waals surface area contributed by atoms with Crippen molar-refractivity contribution in [1.82, 2.24) is 10.2 Å². The van der Waals surface area contributed by atoms with Gasteiger partial charge in [-0.1, -0.05) is 30.3 Å². The topological polar surface area (TPSA) is 84.7 Å². The van der Waals surface area contributed by atoms with Crippen LogP contribution in [0.15, 0.2) is 54.6 Å². The fourth-order valence-electron chi connectivity index (χ4n) is 3.32. The first-order valence-corrected chi connectivity index (χ1v) is 9.11. The number of likely N-dealkylation sites (tertiary alicyclic amines) is 1. The first-order valence-electron chi connectivity index (χ1n) is 9.11. The molecule has 0 spiro atoms. The third kappa shape index (κ3) is 4.86. The van der Waals surface area contributed by atoms with Crippen molar-refractivity contribution in [3.63, 3.8) is 0 Å². The van der Waals surface area contributed by atoms with Gasteiger partial charge in [-0.15, -0.1) is 0 Å². The summed E-state index contributed by atoms with van der Waals surface area (Å²) in [4.78, 5) is 25.4. The van der Waals surface area contributed by atoms with E-state index in [0.29, 0.717) is 37.6 Å². The Morgan fingerprint density at radius 3 is 2.48 bits per heavy atom. The molecule has 2 atom stereocenters. The van der Waals surface area contributed by atoms with Crippen LogP contribution in [0.5, 0.6) is 5.75 Å². The van der Waals surface area contributed by atoms with E-state index in [1.807, 2.05) is 23.1 Å². The van der Waals surface area contributed by atoms with Gasteiger partial charge in [0.2, 0.25) is 5.91 Å². The van der Waals surface area contributed by atoms with Crippen molar-refractivity contribution < 1.29 is 14.3 Å². The number of carbonyl (C=O) groups is 2. The summed E-state index contributed by atoms with van der Waals surface area (Å²) in [6, 6.07) is 17.1. The SMILES string of the molecule is CC(=O)NCCOc1ccc(C(=O)N2CC(N)C(c3ccccc3)C2)cc1. The molecule has 2 aromatic rings. The summed E-state index contributed by atoms with van der Waals surface area (Å²) in [7, 11) is 0.